The Balaban J connectivity index is 0.00000588. The van der Waals surface area contributed by atoms with Crippen molar-refractivity contribution in [3.63, 3.8) is 0 Å². The van der Waals surface area contributed by atoms with Gasteiger partial charge in [0.1, 0.15) is 5.75 Å². The monoisotopic (exact) mass is 644 g/mol. The van der Waals surface area contributed by atoms with E-state index in [0.717, 1.165) is 42.1 Å². The van der Waals surface area contributed by atoms with E-state index in [1.807, 2.05) is 36.4 Å². The second-order valence-corrected chi connectivity index (χ2v) is 11.7. The number of nitrogens with one attached hydrogen (secondary N) is 1. The quantitative estimate of drug-likeness (QED) is 0.115. The van der Waals surface area contributed by atoms with Crippen molar-refractivity contribution in [3.8, 4) is 5.75 Å². The van der Waals surface area contributed by atoms with Crippen molar-refractivity contribution in [2.24, 2.45) is 0 Å². The fraction of sp³-hybridized carbons (Fsp3) is 0.529. The predicted octanol–water partition coefficient (Wildman–Crippen LogP) is 9.71. The van der Waals surface area contributed by atoms with Crippen LogP contribution in [-0.4, -0.2) is 29.1 Å². The van der Waals surface area contributed by atoms with Crippen molar-refractivity contribution in [2.45, 2.75) is 104 Å². The second kappa shape index (κ2) is 20.6. The van der Waals surface area contributed by atoms with Crippen LogP contribution in [0, 0.1) is 0 Å². The zero-order valence-corrected chi connectivity index (χ0v) is 27.5. The van der Waals surface area contributed by atoms with Crippen LogP contribution in [0.5, 0.6) is 5.75 Å². The van der Waals surface area contributed by atoms with Gasteiger partial charge >= 0.3 is 0 Å². The molecule has 0 bridgehead atoms. The average molecular weight is 646 g/mol. The molecule has 1 N–H and O–H groups in total. The largest absolute Gasteiger partial charge is 0.493 e. The summed E-state index contributed by atoms with van der Waals surface area (Å²) >= 11 is 1.76. The van der Waals surface area contributed by atoms with E-state index in [1.165, 1.54) is 64.2 Å². The van der Waals surface area contributed by atoms with Gasteiger partial charge in [-0.3, -0.25) is 9.59 Å². The number of ether oxygens (including phenoxy) is 1. The SMILES string of the molecule is Br.CCCCCCCCCCCCCCOc1ccc(CC(=O)Nc2ccccc2CN2C=CSC2)cc1C(C)=O. The van der Waals surface area contributed by atoms with Gasteiger partial charge in [0.25, 0.3) is 0 Å². The molecular formula is C34H49BrN2O3S. The molecule has 0 radical (unpaired) electrons. The van der Waals surface area contributed by atoms with Crippen molar-refractivity contribution in [1.82, 2.24) is 4.90 Å². The molecule has 0 aliphatic carbocycles. The fourth-order valence-corrected chi connectivity index (χ4v) is 5.71. The molecule has 41 heavy (non-hydrogen) atoms. The number of hydrogen-bond acceptors (Lipinski definition) is 5. The van der Waals surface area contributed by atoms with E-state index in [-0.39, 0.29) is 35.1 Å². The lowest BCUT2D eigenvalue weighted by Gasteiger charge is -2.18. The summed E-state index contributed by atoms with van der Waals surface area (Å²) in [5.41, 5.74) is 3.25. The summed E-state index contributed by atoms with van der Waals surface area (Å²) in [6.45, 7) is 5.18. The normalized spacial score (nSPS) is 12.3. The molecule has 0 saturated heterocycles. The van der Waals surface area contributed by atoms with Gasteiger partial charge in [-0.15, -0.1) is 28.7 Å². The molecule has 0 spiro atoms. The number of ketones is 1. The first-order chi connectivity index (χ1) is 19.6. The molecule has 0 fully saturated rings. The number of anilines is 1. The molecule has 1 aliphatic rings. The average Bonchev–Trinajstić information content (AvgIpc) is 3.46. The summed E-state index contributed by atoms with van der Waals surface area (Å²) in [6.07, 6.45) is 17.9. The van der Waals surface area contributed by atoms with Gasteiger partial charge in [0.15, 0.2) is 5.78 Å². The topological polar surface area (TPSA) is 58.6 Å². The molecule has 2 aromatic rings. The van der Waals surface area contributed by atoms with Crippen LogP contribution in [0.1, 0.15) is 112 Å². The Morgan fingerprint density at radius 2 is 1.56 bits per heavy atom. The Hall–Kier alpha value is -2.25. The number of hydrogen-bond donors (Lipinski definition) is 1. The van der Waals surface area contributed by atoms with Crippen molar-refractivity contribution >= 4 is 46.1 Å². The van der Waals surface area contributed by atoms with E-state index >= 15 is 0 Å². The molecule has 0 saturated carbocycles. The van der Waals surface area contributed by atoms with E-state index < -0.39 is 0 Å². The van der Waals surface area contributed by atoms with Gasteiger partial charge in [0, 0.05) is 18.4 Å². The summed E-state index contributed by atoms with van der Waals surface area (Å²) in [6, 6.07) is 13.4. The highest BCUT2D eigenvalue weighted by molar-refractivity contribution is 8.93. The van der Waals surface area contributed by atoms with Crippen molar-refractivity contribution < 1.29 is 14.3 Å². The zero-order chi connectivity index (χ0) is 28.4. The van der Waals surface area contributed by atoms with Crippen LogP contribution < -0.4 is 10.1 Å². The predicted molar refractivity (Wildman–Crippen MR) is 179 cm³/mol. The summed E-state index contributed by atoms with van der Waals surface area (Å²) in [4.78, 5) is 27.4. The fourth-order valence-electron chi connectivity index (χ4n) is 5.00. The first-order valence-electron chi connectivity index (χ1n) is 15.2. The van der Waals surface area contributed by atoms with E-state index in [4.69, 9.17) is 4.74 Å². The van der Waals surface area contributed by atoms with Gasteiger partial charge in [-0.05, 0) is 48.1 Å². The van der Waals surface area contributed by atoms with Gasteiger partial charge in [-0.1, -0.05) is 102 Å². The molecule has 0 atom stereocenters. The molecule has 1 amide bonds. The standard InChI is InChI=1S/C34H48N2O3S.BrH/c1-3-4-5-6-7-8-9-10-11-12-13-16-22-39-33-20-19-29(24-31(33)28(2)37)25-34(38)35-32-18-15-14-17-30(32)26-36-21-23-40-27-36;/h14-15,17-21,23-24H,3-13,16,22,25-27H2,1-2H3,(H,35,38);1H. The van der Waals surface area contributed by atoms with Crippen LogP contribution in [0.15, 0.2) is 54.1 Å². The third-order valence-electron chi connectivity index (χ3n) is 7.32. The first-order valence-corrected chi connectivity index (χ1v) is 16.3. The molecule has 1 heterocycles. The van der Waals surface area contributed by atoms with Crippen LogP contribution in [0.25, 0.3) is 0 Å². The Labute approximate surface area is 262 Å². The summed E-state index contributed by atoms with van der Waals surface area (Å²) in [5, 5.41) is 5.15. The van der Waals surface area contributed by atoms with Crippen molar-refractivity contribution in [2.75, 3.05) is 17.8 Å². The first kappa shape index (κ1) is 34.9. The zero-order valence-electron chi connectivity index (χ0n) is 25.0. The number of carbonyl (C=O) groups excluding carboxylic acids is 2. The molecule has 0 aromatic heterocycles. The number of Topliss-reactive ketones (excluding diaryl/α,β-unsaturated/α-hetero) is 1. The number of carbonyl (C=O) groups is 2. The highest BCUT2D eigenvalue weighted by Gasteiger charge is 2.14. The lowest BCUT2D eigenvalue weighted by Crippen LogP contribution is -2.18. The van der Waals surface area contributed by atoms with Gasteiger partial charge in [-0.25, -0.2) is 0 Å². The van der Waals surface area contributed by atoms with Gasteiger partial charge in [0.2, 0.25) is 5.91 Å². The summed E-state index contributed by atoms with van der Waals surface area (Å²) in [5.74, 6) is 1.39. The number of unbranched alkanes of at least 4 members (excludes halogenated alkanes) is 11. The smallest absolute Gasteiger partial charge is 0.228 e. The van der Waals surface area contributed by atoms with E-state index in [2.05, 4.69) is 28.7 Å². The lowest BCUT2D eigenvalue weighted by molar-refractivity contribution is -0.115. The van der Waals surface area contributed by atoms with E-state index in [9.17, 15) is 9.59 Å². The van der Waals surface area contributed by atoms with Gasteiger partial charge in [0.05, 0.1) is 24.5 Å². The summed E-state index contributed by atoms with van der Waals surface area (Å²) in [7, 11) is 0. The van der Waals surface area contributed by atoms with Crippen molar-refractivity contribution in [1.29, 1.82) is 0 Å². The molecule has 0 unspecified atom stereocenters. The molecular weight excluding hydrogens is 596 g/mol. The van der Waals surface area contributed by atoms with Crippen LogP contribution in [0.3, 0.4) is 0 Å². The number of benzene rings is 2. The summed E-state index contributed by atoms with van der Waals surface area (Å²) < 4.78 is 5.99. The van der Waals surface area contributed by atoms with Gasteiger partial charge < -0.3 is 15.0 Å². The minimum Gasteiger partial charge on any atom is -0.493 e. The van der Waals surface area contributed by atoms with Crippen molar-refractivity contribution in [3.05, 3.63) is 70.8 Å². The number of nitrogens with zero attached hydrogens (tertiary/aromatic N) is 1. The van der Waals surface area contributed by atoms with Crippen LogP contribution in [0.4, 0.5) is 5.69 Å². The third kappa shape index (κ3) is 13.5. The lowest BCUT2D eigenvalue weighted by atomic mass is 10.0. The molecule has 1 aliphatic heterocycles. The minimum atomic E-state index is -0.0987. The Kier molecular flexibility index (Phi) is 17.6. The maximum absolute atomic E-state index is 12.9. The molecule has 7 heteroatoms. The maximum atomic E-state index is 12.9. The molecule has 226 valence electrons. The molecule has 2 aromatic carbocycles. The molecule has 3 rings (SSSR count). The van der Waals surface area contributed by atoms with Crippen LogP contribution in [-0.2, 0) is 17.8 Å². The Morgan fingerprint density at radius 1 is 0.902 bits per heavy atom. The number of rotatable bonds is 20. The van der Waals surface area contributed by atoms with Crippen LogP contribution >= 0.6 is 28.7 Å². The Morgan fingerprint density at radius 3 is 2.20 bits per heavy atom. The van der Waals surface area contributed by atoms with E-state index in [0.29, 0.717) is 17.9 Å². The highest BCUT2D eigenvalue weighted by atomic mass is 79.9. The minimum absolute atomic E-state index is 0. The Bertz CT molecular complexity index is 1090. The highest BCUT2D eigenvalue weighted by Crippen LogP contribution is 2.24. The number of para-hydroxylation sites is 1. The maximum Gasteiger partial charge on any atom is 0.228 e. The number of thioether (sulfide) groups is 1. The van der Waals surface area contributed by atoms with E-state index in [1.54, 1.807) is 24.8 Å². The second-order valence-electron chi connectivity index (χ2n) is 10.8. The third-order valence-corrected chi connectivity index (χ3v) is 8.11. The van der Waals surface area contributed by atoms with Crippen LogP contribution in [0.2, 0.25) is 0 Å². The van der Waals surface area contributed by atoms with Gasteiger partial charge in [-0.2, -0.15) is 0 Å². The number of halogens is 1. The number of amides is 1. The molecule has 5 nitrogen and oxygen atoms in total.